The number of hydrogen-bond donors (Lipinski definition) is 2. The molecule has 0 aliphatic heterocycles. The van der Waals surface area contributed by atoms with Crippen LogP contribution in [-0.4, -0.2) is 41.3 Å². The Balaban J connectivity index is 1.75. The fourth-order valence-electron chi connectivity index (χ4n) is 1.94. The predicted molar refractivity (Wildman–Crippen MR) is 76.8 cm³/mol. The number of allylic oxidation sites excluding steroid dienone is 1. The molecule has 0 bridgehead atoms. The standard InChI is InChI=1S/C14H11FN6O2/c15-11-3-1-2-9(4-11)7-21-8-10(6-16-21)12(22)5-13(23)14-17-19-20-18-14/h1-6,8,22H,7H2,(H,17,18,19,20). The number of benzene rings is 1. The van der Waals surface area contributed by atoms with E-state index >= 15 is 0 Å². The first-order chi connectivity index (χ1) is 11.1. The van der Waals surface area contributed by atoms with Crippen LogP contribution in [0.15, 0.2) is 42.7 Å². The minimum absolute atomic E-state index is 0.149. The van der Waals surface area contributed by atoms with Gasteiger partial charge in [-0.1, -0.05) is 12.1 Å². The van der Waals surface area contributed by atoms with E-state index in [1.54, 1.807) is 18.3 Å². The van der Waals surface area contributed by atoms with Crippen LogP contribution in [0.4, 0.5) is 4.39 Å². The molecule has 9 heteroatoms. The summed E-state index contributed by atoms with van der Waals surface area (Å²) in [5, 5.41) is 26.5. The van der Waals surface area contributed by atoms with Crippen LogP contribution in [0.2, 0.25) is 0 Å². The lowest BCUT2D eigenvalue weighted by atomic mass is 10.2. The molecule has 0 atom stereocenters. The third-order valence-corrected chi connectivity index (χ3v) is 3.00. The molecule has 0 amide bonds. The van der Waals surface area contributed by atoms with E-state index in [0.717, 1.165) is 11.6 Å². The van der Waals surface area contributed by atoms with E-state index in [1.807, 2.05) is 0 Å². The Morgan fingerprint density at radius 1 is 1.43 bits per heavy atom. The molecule has 116 valence electrons. The Morgan fingerprint density at radius 3 is 3.04 bits per heavy atom. The van der Waals surface area contributed by atoms with Gasteiger partial charge in [-0.3, -0.25) is 9.48 Å². The Hall–Kier alpha value is -3.36. The van der Waals surface area contributed by atoms with Crippen molar-refractivity contribution < 1.29 is 14.3 Å². The number of nitrogens with one attached hydrogen (secondary N) is 1. The van der Waals surface area contributed by atoms with Crippen molar-refractivity contribution in [2.45, 2.75) is 6.54 Å². The van der Waals surface area contributed by atoms with Crippen molar-refractivity contribution >= 4 is 11.5 Å². The molecular formula is C14H11FN6O2. The van der Waals surface area contributed by atoms with Crippen molar-refractivity contribution in [3.05, 3.63) is 65.5 Å². The highest BCUT2D eigenvalue weighted by Crippen LogP contribution is 2.12. The van der Waals surface area contributed by atoms with Gasteiger partial charge in [-0.25, -0.2) is 4.39 Å². The summed E-state index contributed by atoms with van der Waals surface area (Å²) in [6.45, 7) is 0.337. The Labute approximate surface area is 129 Å². The monoisotopic (exact) mass is 314 g/mol. The Kier molecular flexibility index (Phi) is 3.91. The van der Waals surface area contributed by atoms with Crippen LogP contribution < -0.4 is 0 Å². The van der Waals surface area contributed by atoms with Crippen LogP contribution in [0.25, 0.3) is 5.76 Å². The molecule has 2 N–H and O–H groups in total. The van der Waals surface area contributed by atoms with Gasteiger partial charge in [0.15, 0.2) is 0 Å². The van der Waals surface area contributed by atoms with Crippen LogP contribution >= 0.6 is 0 Å². The summed E-state index contributed by atoms with van der Waals surface area (Å²) in [6.07, 6.45) is 3.92. The third-order valence-electron chi connectivity index (χ3n) is 3.00. The molecule has 0 unspecified atom stereocenters. The van der Waals surface area contributed by atoms with Crippen LogP contribution in [-0.2, 0) is 6.54 Å². The number of rotatable bonds is 5. The maximum absolute atomic E-state index is 13.1. The molecule has 0 spiro atoms. The summed E-state index contributed by atoms with van der Waals surface area (Å²) >= 11 is 0. The normalized spacial score (nSPS) is 11.6. The SMILES string of the molecule is O=C(C=C(O)c1cnn(Cc2cccc(F)c2)c1)c1nn[nH]n1. The molecule has 0 aliphatic rings. The molecule has 3 aromatic rings. The lowest BCUT2D eigenvalue weighted by Gasteiger charge is -2.01. The number of ketones is 1. The molecule has 2 heterocycles. The van der Waals surface area contributed by atoms with Gasteiger partial charge in [-0.05, 0) is 22.9 Å². The number of nitrogens with zero attached hydrogens (tertiary/aromatic N) is 5. The quantitative estimate of drug-likeness (QED) is 0.418. The molecule has 2 aromatic heterocycles. The summed E-state index contributed by atoms with van der Waals surface area (Å²) in [5.74, 6) is -1.34. The highest BCUT2D eigenvalue weighted by atomic mass is 19.1. The van der Waals surface area contributed by atoms with Gasteiger partial charge in [-0.2, -0.15) is 10.3 Å². The van der Waals surface area contributed by atoms with E-state index in [9.17, 15) is 14.3 Å². The summed E-state index contributed by atoms with van der Waals surface area (Å²) in [4.78, 5) is 11.7. The molecule has 0 fully saturated rings. The van der Waals surface area contributed by atoms with Crippen molar-refractivity contribution in [2.75, 3.05) is 0 Å². The van der Waals surface area contributed by atoms with Gasteiger partial charge in [0, 0.05) is 12.3 Å². The van der Waals surface area contributed by atoms with Crippen molar-refractivity contribution in [2.24, 2.45) is 0 Å². The molecule has 0 saturated heterocycles. The average Bonchev–Trinajstić information content (AvgIpc) is 3.18. The largest absolute Gasteiger partial charge is 0.507 e. The number of carbonyl (C=O) groups is 1. The second-order valence-electron chi connectivity index (χ2n) is 4.69. The van der Waals surface area contributed by atoms with Gasteiger partial charge in [0.2, 0.25) is 11.6 Å². The van der Waals surface area contributed by atoms with E-state index < -0.39 is 5.78 Å². The minimum Gasteiger partial charge on any atom is -0.507 e. The molecule has 0 saturated carbocycles. The predicted octanol–water partition coefficient (Wildman–Crippen LogP) is 1.37. The number of hydrogen-bond acceptors (Lipinski definition) is 6. The molecular weight excluding hydrogens is 303 g/mol. The fourth-order valence-corrected chi connectivity index (χ4v) is 1.94. The van der Waals surface area contributed by atoms with Gasteiger partial charge >= 0.3 is 0 Å². The number of tetrazole rings is 1. The number of halogens is 1. The van der Waals surface area contributed by atoms with Gasteiger partial charge < -0.3 is 5.11 Å². The first-order valence-electron chi connectivity index (χ1n) is 6.57. The smallest absolute Gasteiger partial charge is 0.244 e. The molecule has 1 aromatic carbocycles. The zero-order chi connectivity index (χ0) is 16.2. The van der Waals surface area contributed by atoms with Crippen LogP contribution in [0.1, 0.15) is 21.7 Å². The Bertz CT molecular complexity index is 856. The zero-order valence-electron chi connectivity index (χ0n) is 11.7. The summed E-state index contributed by atoms with van der Waals surface area (Å²) in [5.41, 5.74) is 1.07. The van der Waals surface area contributed by atoms with E-state index in [1.165, 1.54) is 23.0 Å². The maximum atomic E-state index is 13.1. The van der Waals surface area contributed by atoms with E-state index in [0.29, 0.717) is 12.1 Å². The average molecular weight is 314 g/mol. The highest BCUT2D eigenvalue weighted by Gasteiger charge is 2.11. The van der Waals surface area contributed by atoms with Gasteiger partial charge in [0.1, 0.15) is 11.6 Å². The van der Waals surface area contributed by atoms with E-state index in [2.05, 4.69) is 25.7 Å². The minimum atomic E-state index is -0.589. The summed E-state index contributed by atoms with van der Waals surface area (Å²) in [6, 6.07) is 6.13. The zero-order valence-corrected chi connectivity index (χ0v) is 11.7. The summed E-state index contributed by atoms with van der Waals surface area (Å²) in [7, 11) is 0. The number of aromatic amines is 1. The van der Waals surface area contributed by atoms with Gasteiger partial charge in [-0.15, -0.1) is 10.2 Å². The Morgan fingerprint density at radius 2 is 2.30 bits per heavy atom. The topological polar surface area (TPSA) is 110 Å². The first-order valence-corrected chi connectivity index (χ1v) is 6.57. The fraction of sp³-hybridized carbons (Fsp3) is 0.0714. The molecule has 3 rings (SSSR count). The number of H-pyrrole nitrogens is 1. The third kappa shape index (κ3) is 3.46. The van der Waals surface area contributed by atoms with E-state index in [-0.39, 0.29) is 17.4 Å². The molecule has 0 aliphatic carbocycles. The maximum Gasteiger partial charge on any atom is 0.244 e. The molecule has 8 nitrogen and oxygen atoms in total. The first kappa shape index (κ1) is 14.6. The van der Waals surface area contributed by atoms with Crippen molar-refractivity contribution in [1.29, 1.82) is 0 Å². The van der Waals surface area contributed by atoms with Crippen LogP contribution in [0.5, 0.6) is 0 Å². The number of aromatic nitrogens is 6. The highest BCUT2D eigenvalue weighted by molar-refractivity contribution is 6.05. The van der Waals surface area contributed by atoms with Crippen molar-refractivity contribution in [1.82, 2.24) is 30.4 Å². The van der Waals surface area contributed by atoms with Crippen molar-refractivity contribution in [3.8, 4) is 0 Å². The van der Waals surface area contributed by atoms with Crippen LogP contribution in [0.3, 0.4) is 0 Å². The lowest BCUT2D eigenvalue weighted by molar-refractivity contribution is 0.103. The summed E-state index contributed by atoms with van der Waals surface area (Å²) < 4.78 is 14.7. The van der Waals surface area contributed by atoms with Gasteiger partial charge in [0.05, 0.1) is 18.3 Å². The number of carbonyl (C=O) groups excluding carboxylic acids is 1. The molecule has 0 radical (unpaired) electrons. The van der Waals surface area contributed by atoms with E-state index in [4.69, 9.17) is 0 Å². The van der Waals surface area contributed by atoms with Crippen LogP contribution in [0, 0.1) is 5.82 Å². The molecule has 23 heavy (non-hydrogen) atoms. The van der Waals surface area contributed by atoms with Crippen molar-refractivity contribution in [3.63, 3.8) is 0 Å². The second kappa shape index (κ2) is 6.18. The van der Waals surface area contributed by atoms with Gasteiger partial charge in [0.25, 0.3) is 0 Å². The second-order valence-corrected chi connectivity index (χ2v) is 4.69. The number of aliphatic hydroxyl groups excluding tert-OH is 1. The lowest BCUT2D eigenvalue weighted by Crippen LogP contribution is -2.00. The number of aliphatic hydroxyl groups is 1.